The molecule has 8 N–H and O–H groups in total. The summed E-state index contributed by atoms with van der Waals surface area (Å²) in [5.41, 5.74) is 13.6. The Hall–Kier alpha value is -3.14. The molecule has 0 radical (unpaired) electrons. The van der Waals surface area contributed by atoms with Crippen LogP contribution in [0.4, 0.5) is 5.69 Å². The van der Waals surface area contributed by atoms with Gasteiger partial charge in [0.15, 0.2) is 0 Å². The lowest BCUT2D eigenvalue weighted by atomic mass is 9.95. The number of nitrogen functional groups attached to an aromatic ring is 1. The number of nitrogens with one attached hydrogen (secondary N) is 3. The van der Waals surface area contributed by atoms with Crippen LogP contribution in [0.2, 0.25) is 0 Å². The van der Waals surface area contributed by atoms with E-state index in [9.17, 15) is 19.2 Å². The quantitative estimate of drug-likeness (QED) is 0.134. The van der Waals surface area contributed by atoms with Crippen molar-refractivity contribution in [3.05, 3.63) is 29.8 Å². The number of rotatable bonds is 10. The van der Waals surface area contributed by atoms with Crippen molar-refractivity contribution in [2.45, 2.75) is 39.3 Å². The van der Waals surface area contributed by atoms with Gasteiger partial charge in [-0.3, -0.25) is 24.4 Å². The van der Waals surface area contributed by atoms with E-state index >= 15 is 0 Å². The Labute approximate surface area is 163 Å². The zero-order valence-electron chi connectivity index (χ0n) is 15.9. The van der Waals surface area contributed by atoms with Gasteiger partial charge in [-0.2, -0.15) is 0 Å². The number of benzene rings is 1. The van der Waals surface area contributed by atoms with E-state index in [0.29, 0.717) is 5.69 Å². The third kappa shape index (κ3) is 7.62. The zero-order chi connectivity index (χ0) is 21.3. The molecule has 28 heavy (non-hydrogen) atoms. The highest BCUT2D eigenvalue weighted by atomic mass is 16.5. The van der Waals surface area contributed by atoms with Gasteiger partial charge in [0.1, 0.15) is 12.0 Å². The van der Waals surface area contributed by atoms with Crippen molar-refractivity contribution < 1.29 is 24.4 Å². The van der Waals surface area contributed by atoms with Crippen LogP contribution in [0.25, 0.3) is 0 Å². The van der Waals surface area contributed by atoms with Crippen LogP contribution in [0.15, 0.2) is 24.3 Å². The van der Waals surface area contributed by atoms with Crippen LogP contribution < -0.4 is 27.6 Å². The van der Waals surface area contributed by atoms with Crippen molar-refractivity contribution in [3.63, 3.8) is 0 Å². The maximum absolute atomic E-state index is 12.5. The van der Waals surface area contributed by atoms with E-state index < -0.39 is 42.0 Å². The van der Waals surface area contributed by atoms with Crippen molar-refractivity contribution in [2.75, 3.05) is 5.73 Å². The highest BCUT2D eigenvalue weighted by Gasteiger charge is 2.31. The number of carbonyl (C=O) groups is 4. The van der Waals surface area contributed by atoms with E-state index in [0.717, 1.165) is 5.56 Å². The molecule has 10 heteroatoms. The Morgan fingerprint density at radius 3 is 2.32 bits per heavy atom. The van der Waals surface area contributed by atoms with Gasteiger partial charge in [-0.1, -0.05) is 26.0 Å². The molecule has 0 aromatic heterocycles. The Morgan fingerprint density at radius 1 is 1.11 bits per heavy atom. The van der Waals surface area contributed by atoms with Crippen LogP contribution in [0.1, 0.15) is 32.3 Å². The molecule has 4 amide bonds. The van der Waals surface area contributed by atoms with Crippen LogP contribution >= 0.6 is 0 Å². The highest BCUT2D eigenvalue weighted by molar-refractivity contribution is 6.02. The molecular weight excluding hydrogens is 366 g/mol. The first-order valence-electron chi connectivity index (χ1n) is 8.78. The molecule has 0 bridgehead atoms. The molecule has 1 unspecified atom stereocenters. The van der Waals surface area contributed by atoms with Gasteiger partial charge < -0.3 is 22.1 Å². The van der Waals surface area contributed by atoms with Crippen molar-refractivity contribution >= 4 is 29.3 Å². The van der Waals surface area contributed by atoms with Crippen LogP contribution in [0.3, 0.4) is 0 Å². The van der Waals surface area contributed by atoms with Gasteiger partial charge in [-0.25, -0.2) is 5.48 Å². The second kappa shape index (κ2) is 10.9. The SMILES string of the molecule is CC(C)CC(C(=O)NO)C(=O)N[C@@H](CC(N)=O)C(=O)NCc1cccc(N)c1. The van der Waals surface area contributed by atoms with E-state index in [2.05, 4.69) is 10.6 Å². The molecule has 0 spiro atoms. The first kappa shape index (κ1) is 22.9. The summed E-state index contributed by atoms with van der Waals surface area (Å²) in [7, 11) is 0. The van der Waals surface area contributed by atoms with Gasteiger partial charge in [-0.05, 0) is 30.0 Å². The van der Waals surface area contributed by atoms with Gasteiger partial charge in [0.2, 0.25) is 17.7 Å². The molecular formula is C18H27N5O5. The molecule has 1 rings (SSSR count). The summed E-state index contributed by atoms with van der Waals surface area (Å²) in [6.45, 7) is 3.72. The standard InChI is InChI=1S/C18H27N5O5/c1-10(2)6-13(17(26)23-28)16(25)22-14(8-15(20)24)18(27)21-9-11-4-3-5-12(19)7-11/h3-5,7,10,13-14,28H,6,8-9,19H2,1-2H3,(H2,20,24)(H,21,27)(H,22,25)(H,23,26)/t13?,14-/m0/s1. The van der Waals surface area contributed by atoms with Crippen molar-refractivity contribution in [1.29, 1.82) is 0 Å². The smallest absolute Gasteiger partial charge is 0.255 e. The lowest BCUT2D eigenvalue weighted by Crippen LogP contribution is -2.52. The fourth-order valence-corrected chi connectivity index (χ4v) is 2.58. The fraction of sp³-hybridized carbons (Fsp3) is 0.444. The molecule has 0 aliphatic carbocycles. The van der Waals surface area contributed by atoms with Crippen LogP contribution in [0, 0.1) is 11.8 Å². The molecule has 0 saturated carbocycles. The van der Waals surface area contributed by atoms with E-state index in [1.54, 1.807) is 38.1 Å². The predicted octanol–water partition coefficient (Wildman–Crippen LogP) is -0.587. The van der Waals surface area contributed by atoms with E-state index in [1.165, 1.54) is 5.48 Å². The fourth-order valence-electron chi connectivity index (χ4n) is 2.58. The van der Waals surface area contributed by atoms with Gasteiger partial charge in [0, 0.05) is 12.2 Å². The Bertz CT molecular complexity index is 722. The molecule has 0 aliphatic rings. The van der Waals surface area contributed by atoms with Gasteiger partial charge in [0.25, 0.3) is 5.91 Å². The average molecular weight is 393 g/mol. The van der Waals surface area contributed by atoms with Crippen LogP contribution in [-0.4, -0.2) is 34.9 Å². The zero-order valence-corrected chi connectivity index (χ0v) is 15.9. The van der Waals surface area contributed by atoms with Gasteiger partial charge in [-0.15, -0.1) is 0 Å². The molecule has 0 aliphatic heterocycles. The minimum Gasteiger partial charge on any atom is -0.399 e. The monoisotopic (exact) mass is 393 g/mol. The molecule has 154 valence electrons. The summed E-state index contributed by atoms with van der Waals surface area (Å²) in [4.78, 5) is 48.0. The number of nitrogens with two attached hydrogens (primary N) is 2. The van der Waals surface area contributed by atoms with Gasteiger partial charge in [0.05, 0.1) is 6.42 Å². The third-order valence-electron chi connectivity index (χ3n) is 3.91. The first-order chi connectivity index (χ1) is 13.1. The van der Waals surface area contributed by atoms with E-state index in [1.807, 2.05) is 0 Å². The summed E-state index contributed by atoms with van der Waals surface area (Å²) in [5.74, 6) is -4.37. The number of hydrogen-bond donors (Lipinski definition) is 6. The Morgan fingerprint density at radius 2 is 1.79 bits per heavy atom. The molecule has 1 aromatic rings. The van der Waals surface area contributed by atoms with Gasteiger partial charge >= 0.3 is 0 Å². The molecule has 10 nitrogen and oxygen atoms in total. The Balaban J connectivity index is 2.84. The summed E-state index contributed by atoms with van der Waals surface area (Å²) in [6.07, 6.45) is -0.296. The first-order valence-corrected chi connectivity index (χ1v) is 8.78. The third-order valence-corrected chi connectivity index (χ3v) is 3.91. The molecule has 2 atom stereocenters. The number of hydroxylamine groups is 1. The lowest BCUT2D eigenvalue weighted by molar-refractivity contribution is -0.143. The normalized spacial score (nSPS) is 12.7. The molecule has 0 heterocycles. The van der Waals surface area contributed by atoms with Crippen molar-refractivity contribution in [1.82, 2.24) is 16.1 Å². The summed E-state index contributed by atoms with van der Waals surface area (Å²) in [5, 5.41) is 13.8. The van der Waals surface area contributed by atoms with E-state index in [-0.39, 0.29) is 18.9 Å². The number of primary amides is 1. The van der Waals surface area contributed by atoms with Crippen LogP contribution in [0.5, 0.6) is 0 Å². The summed E-state index contributed by atoms with van der Waals surface area (Å²) < 4.78 is 0. The van der Waals surface area contributed by atoms with Crippen molar-refractivity contribution in [3.8, 4) is 0 Å². The topological polar surface area (TPSA) is 177 Å². The highest BCUT2D eigenvalue weighted by Crippen LogP contribution is 2.13. The van der Waals surface area contributed by atoms with Crippen LogP contribution in [-0.2, 0) is 25.7 Å². The number of hydrogen-bond acceptors (Lipinski definition) is 6. The number of amides is 4. The molecule has 1 aromatic carbocycles. The lowest BCUT2D eigenvalue weighted by Gasteiger charge is -2.21. The largest absolute Gasteiger partial charge is 0.399 e. The Kier molecular flexibility index (Phi) is 8.89. The summed E-state index contributed by atoms with van der Waals surface area (Å²) >= 11 is 0. The minimum atomic E-state index is -1.26. The maximum Gasteiger partial charge on any atom is 0.255 e. The maximum atomic E-state index is 12.5. The van der Waals surface area contributed by atoms with Crippen molar-refractivity contribution in [2.24, 2.45) is 17.6 Å². The molecule has 0 saturated heterocycles. The second-order valence-corrected chi connectivity index (χ2v) is 6.85. The number of carbonyl (C=O) groups excluding carboxylic acids is 4. The van der Waals surface area contributed by atoms with E-state index in [4.69, 9.17) is 16.7 Å². The average Bonchev–Trinajstić information content (AvgIpc) is 2.62. The number of anilines is 1. The minimum absolute atomic E-state index is 0.0278. The summed E-state index contributed by atoms with van der Waals surface area (Å²) in [6, 6.07) is 5.59. The second-order valence-electron chi connectivity index (χ2n) is 6.85. The molecule has 0 fully saturated rings. The predicted molar refractivity (Wildman–Crippen MR) is 101 cm³/mol.